The van der Waals surface area contributed by atoms with Crippen LogP contribution < -0.4 is 0 Å². The van der Waals surface area contributed by atoms with Crippen molar-refractivity contribution in [3.63, 3.8) is 0 Å². The molecule has 0 radical (unpaired) electrons. The summed E-state index contributed by atoms with van der Waals surface area (Å²) in [5, 5.41) is 0. The second-order valence-electron chi connectivity index (χ2n) is 16.0. The lowest BCUT2D eigenvalue weighted by molar-refractivity contribution is -0.167. The van der Waals surface area contributed by atoms with Crippen LogP contribution in [0.5, 0.6) is 0 Å². The smallest absolute Gasteiger partial charge is 0.306 e. The van der Waals surface area contributed by atoms with Gasteiger partial charge in [0.15, 0.2) is 6.10 Å². The molecule has 0 fully saturated rings. The molecule has 330 valence electrons. The van der Waals surface area contributed by atoms with Gasteiger partial charge in [0.05, 0.1) is 0 Å². The fraction of sp³-hybridized carbons (Fsp3) is 0.784. The van der Waals surface area contributed by atoms with Gasteiger partial charge in [-0.25, -0.2) is 0 Å². The lowest BCUT2D eigenvalue weighted by atomic mass is 10.1. The minimum atomic E-state index is -0.769. The molecule has 0 aliphatic heterocycles. The first-order chi connectivity index (χ1) is 28.0. The van der Waals surface area contributed by atoms with E-state index in [2.05, 4.69) is 69.4 Å². The van der Waals surface area contributed by atoms with Crippen LogP contribution in [0, 0.1) is 0 Å². The largest absolute Gasteiger partial charge is 0.462 e. The molecule has 0 spiro atoms. The van der Waals surface area contributed by atoms with E-state index in [4.69, 9.17) is 14.2 Å². The first-order valence-corrected chi connectivity index (χ1v) is 24.1. The molecule has 6 nitrogen and oxygen atoms in total. The van der Waals surface area contributed by atoms with Gasteiger partial charge in [-0.15, -0.1) is 0 Å². The number of carbonyl (C=O) groups excluding carboxylic acids is 3. The van der Waals surface area contributed by atoms with Gasteiger partial charge in [-0.05, 0) is 57.8 Å². The molecule has 0 rings (SSSR count). The van der Waals surface area contributed by atoms with Gasteiger partial charge >= 0.3 is 17.9 Å². The van der Waals surface area contributed by atoms with E-state index in [0.29, 0.717) is 19.3 Å². The van der Waals surface area contributed by atoms with Crippen molar-refractivity contribution in [3.8, 4) is 0 Å². The van der Waals surface area contributed by atoms with Gasteiger partial charge in [0.25, 0.3) is 0 Å². The van der Waals surface area contributed by atoms with Gasteiger partial charge < -0.3 is 14.2 Å². The zero-order valence-corrected chi connectivity index (χ0v) is 37.6. The Balaban J connectivity index is 4.22. The molecule has 0 aromatic rings. The molecule has 0 N–H and O–H groups in total. The lowest BCUT2D eigenvalue weighted by Gasteiger charge is -2.18. The number of allylic oxidation sites excluding steroid dienone is 8. The Hall–Kier alpha value is -2.63. The van der Waals surface area contributed by atoms with E-state index in [1.54, 1.807) is 0 Å². The zero-order valence-electron chi connectivity index (χ0n) is 37.6. The van der Waals surface area contributed by atoms with Crippen molar-refractivity contribution >= 4 is 17.9 Å². The van der Waals surface area contributed by atoms with Crippen molar-refractivity contribution in [1.29, 1.82) is 0 Å². The normalized spacial score (nSPS) is 12.4. The fourth-order valence-electron chi connectivity index (χ4n) is 6.73. The quantitative estimate of drug-likeness (QED) is 0.0265. The summed E-state index contributed by atoms with van der Waals surface area (Å²) in [6.45, 7) is 6.48. The summed E-state index contributed by atoms with van der Waals surface area (Å²) < 4.78 is 16.7. The molecule has 1 atom stereocenters. The van der Waals surface area contributed by atoms with Crippen LogP contribution in [0.15, 0.2) is 48.6 Å². The van der Waals surface area contributed by atoms with Gasteiger partial charge in [-0.3, -0.25) is 14.4 Å². The number of carbonyl (C=O) groups is 3. The van der Waals surface area contributed by atoms with Crippen LogP contribution in [-0.4, -0.2) is 37.2 Å². The molecular formula is C51H90O6. The van der Waals surface area contributed by atoms with Crippen LogP contribution in [0.4, 0.5) is 0 Å². The molecule has 0 aromatic carbocycles. The topological polar surface area (TPSA) is 78.9 Å². The van der Waals surface area contributed by atoms with Crippen LogP contribution in [0.3, 0.4) is 0 Å². The van der Waals surface area contributed by atoms with Crippen molar-refractivity contribution in [2.24, 2.45) is 0 Å². The highest BCUT2D eigenvalue weighted by atomic mass is 16.6. The van der Waals surface area contributed by atoms with E-state index < -0.39 is 6.10 Å². The van der Waals surface area contributed by atoms with Gasteiger partial charge in [-0.2, -0.15) is 0 Å². The number of ether oxygens (including phenoxy) is 3. The van der Waals surface area contributed by atoms with Gasteiger partial charge in [0.2, 0.25) is 0 Å². The first kappa shape index (κ1) is 54.4. The average molecular weight is 799 g/mol. The molecule has 0 bridgehead atoms. The maximum atomic E-state index is 12.7. The van der Waals surface area contributed by atoms with E-state index in [9.17, 15) is 14.4 Å². The summed E-state index contributed by atoms with van der Waals surface area (Å²) in [6, 6.07) is 0. The number of hydrogen-bond acceptors (Lipinski definition) is 6. The molecule has 0 aromatic heterocycles. The van der Waals surface area contributed by atoms with Gasteiger partial charge in [-0.1, -0.05) is 211 Å². The number of unbranched alkanes of at least 4 members (excludes halogenated alkanes) is 24. The van der Waals surface area contributed by atoms with Crippen LogP contribution in [-0.2, 0) is 28.6 Å². The third-order valence-electron chi connectivity index (χ3n) is 10.3. The predicted molar refractivity (Wildman–Crippen MR) is 242 cm³/mol. The monoisotopic (exact) mass is 799 g/mol. The van der Waals surface area contributed by atoms with E-state index in [1.807, 2.05) is 0 Å². The zero-order chi connectivity index (χ0) is 41.5. The van der Waals surface area contributed by atoms with Crippen molar-refractivity contribution < 1.29 is 28.6 Å². The van der Waals surface area contributed by atoms with Gasteiger partial charge in [0.1, 0.15) is 13.2 Å². The van der Waals surface area contributed by atoms with E-state index in [1.165, 1.54) is 109 Å². The molecule has 1 unspecified atom stereocenters. The van der Waals surface area contributed by atoms with Crippen molar-refractivity contribution in [3.05, 3.63) is 48.6 Å². The lowest BCUT2D eigenvalue weighted by Crippen LogP contribution is -2.30. The van der Waals surface area contributed by atoms with Crippen LogP contribution >= 0.6 is 0 Å². The Labute approximate surface area is 352 Å². The highest BCUT2D eigenvalue weighted by Crippen LogP contribution is 2.15. The summed E-state index contributed by atoms with van der Waals surface area (Å²) in [5.41, 5.74) is 0. The minimum Gasteiger partial charge on any atom is -0.462 e. The minimum absolute atomic E-state index is 0.0731. The Bertz CT molecular complexity index is 1010. The second-order valence-corrected chi connectivity index (χ2v) is 16.0. The molecule has 57 heavy (non-hydrogen) atoms. The Morgan fingerprint density at radius 1 is 0.368 bits per heavy atom. The third-order valence-corrected chi connectivity index (χ3v) is 10.3. The average Bonchev–Trinajstić information content (AvgIpc) is 3.21. The molecule has 6 heteroatoms. The highest BCUT2D eigenvalue weighted by molar-refractivity contribution is 5.71. The molecule has 0 saturated heterocycles. The van der Waals surface area contributed by atoms with E-state index >= 15 is 0 Å². The van der Waals surface area contributed by atoms with Crippen LogP contribution in [0.1, 0.15) is 239 Å². The van der Waals surface area contributed by atoms with Crippen LogP contribution in [0.2, 0.25) is 0 Å². The maximum Gasteiger partial charge on any atom is 0.306 e. The summed E-state index contributed by atoms with van der Waals surface area (Å²) in [6.07, 6.45) is 53.9. The summed E-state index contributed by atoms with van der Waals surface area (Å²) >= 11 is 0. The van der Waals surface area contributed by atoms with Crippen molar-refractivity contribution in [1.82, 2.24) is 0 Å². The third kappa shape index (κ3) is 44.3. The molecular weight excluding hydrogens is 709 g/mol. The Morgan fingerprint density at radius 2 is 0.684 bits per heavy atom. The summed E-state index contributed by atoms with van der Waals surface area (Å²) in [5.74, 6) is -0.884. The van der Waals surface area contributed by atoms with E-state index in [0.717, 1.165) is 89.9 Å². The Kier molecular flexibility index (Phi) is 43.9. The standard InChI is InChI=1S/C51H90O6/c1-4-7-10-13-16-19-21-22-23-24-25-26-27-28-29-30-31-33-35-38-41-44-50(53)56-47-48(46-55-49(52)43-40-37-34-18-15-12-9-6-3)57-51(54)45-42-39-36-32-20-17-14-11-8-5-2/h7,10,16,19,22-23,25-26,48H,4-6,8-9,11-15,17-18,20-21,24,27-47H2,1-3H3/b10-7-,19-16-,23-22-,26-25-. The maximum absolute atomic E-state index is 12.7. The van der Waals surface area contributed by atoms with E-state index in [-0.39, 0.29) is 31.1 Å². The molecule has 0 aliphatic rings. The van der Waals surface area contributed by atoms with Crippen LogP contribution in [0.25, 0.3) is 0 Å². The molecule has 0 aliphatic carbocycles. The highest BCUT2D eigenvalue weighted by Gasteiger charge is 2.19. The fourth-order valence-corrected chi connectivity index (χ4v) is 6.73. The molecule has 0 saturated carbocycles. The van der Waals surface area contributed by atoms with Crippen molar-refractivity contribution in [2.45, 2.75) is 245 Å². The van der Waals surface area contributed by atoms with Crippen molar-refractivity contribution in [2.75, 3.05) is 13.2 Å². The van der Waals surface area contributed by atoms with Gasteiger partial charge in [0, 0.05) is 19.3 Å². The number of esters is 3. The first-order valence-electron chi connectivity index (χ1n) is 24.1. The Morgan fingerprint density at radius 3 is 1.07 bits per heavy atom. The molecule has 0 amide bonds. The summed E-state index contributed by atoms with van der Waals surface area (Å²) in [7, 11) is 0. The predicted octanol–water partition coefficient (Wildman–Crippen LogP) is 15.5. The number of rotatable bonds is 43. The molecule has 0 heterocycles. The second kappa shape index (κ2) is 46.1. The summed E-state index contributed by atoms with van der Waals surface area (Å²) in [4.78, 5) is 37.7. The number of hydrogen-bond donors (Lipinski definition) is 0. The SMILES string of the molecule is CC/C=C\C/C=C\C/C=C\C/C=C\CCCCCCCCCCC(=O)OCC(COC(=O)CCCCCCCCCC)OC(=O)CCCCCCCCCCCC.